The number of aromatic nitrogens is 1. The lowest BCUT2D eigenvalue weighted by molar-refractivity contribution is 0.782. The summed E-state index contributed by atoms with van der Waals surface area (Å²) in [4.78, 5) is 3.39. The van der Waals surface area contributed by atoms with Crippen LogP contribution in [0, 0.1) is 0 Å². The molecule has 14 heavy (non-hydrogen) atoms. The normalized spacial score (nSPS) is 10.9. The first kappa shape index (κ1) is 9.13. The minimum absolute atomic E-state index is 0.862. The van der Waals surface area contributed by atoms with Gasteiger partial charge in [0.1, 0.15) is 0 Å². The van der Waals surface area contributed by atoms with Gasteiger partial charge in [-0.25, -0.2) is 0 Å². The first-order valence-electron chi connectivity index (χ1n) is 5.17. The Labute approximate surface area is 84.1 Å². The number of aryl methyl sites for hydroxylation is 1. The van der Waals surface area contributed by atoms with E-state index in [1.165, 1.54) is 18.5 Å². The summed E-state index contributed by atoms with van der Waals surface area (Å²) in [5.41, 5.74) is 9.18. The summed E-state index contributed by atoms with van der Waals surface area (Å²) in [6, 6.07) is 8.17. The van der Waals surface area contributed by atoms with Crippen LogP contribution in [0.15, 0.2) is 24.3 Å². The molecule has 0 amide bonds. The molecule has 1 heterocycles. The number of rotatable bonds is 3. The average Bonchev–Trinajstić information content (AvgIpc) is 2.59. The van der Waals surface area contributed by atoms with Crippen molar-refractivity contribution in [3.8, 4) is 0 Å². The Morgan fingerprint density at radius 1 is 1.36 bits per heavy atom. The number of hydrogen-bond acceptors (Lipinski definition) is 1. The maximum atomic E-state index is 5.88. The van der Waals surface area contributed by atoms with Crippen LogP contribution in [0.2, 0.25) is 0 Å². The van der Waals surface area contributed by atoms with E-state index in [0.717, 1.165) is 23.0 Å². The lowest BCUT2D eigenvalue weighted by atomic mass is 10.2. The second-order valence-corrected chi connectivity index (χ2v) is 3.71. The van der Waals surface area contributed by atoms with Gasteiger partial charge in [0.2, 0.25) is 0 Å². The highest BCUT2D eigenvalue weighted by Gasteiger charge is 2.02. The van der Waals surface area contributed by atoms with Gasteiger partial charge in [-0.05, 0) is 31.0 Å². The third-order valence-electron chi connectivity index (χ3n) is 2.55. The van der Waals surface area contributed by atoms with Crippen LogP contribution in [0.4, 0.5) is 5.69 Å². The van der Waals surface area contributed by atoms with Crippen LogP contribution < -0.4 is 5.73 Å². The predicted octanol–water partition coefficient (Wildman–Crippen LogP) is 3.09. The molecule has 2 rings (SSSR count). The van der Waals surface area contributed by atoms with Crippen molar-refractivity contribution < 1.29 is 0 Å². The molecule has 74 valence electrons. The van der Waals surface area contributed by atoms with Gasteiger partial charge in [0, 0.05) is 22.3 Å². The maximum absolute atomic E-state index is 5.88. The second kappa shape index (κ2) is 3.74. The van der Waals surface area contributed by atoms with E-state index >= 15 is 0 Å². The number of H-pyrrole nitrogens is 1. The predicted molar refractivity (Wildman–Crippen MR) is 61.3 cm³/mol. The Morgan fingerprint density at radius 3 is 2.93 bits per heavy atom. The van der Waals surface area contributed by atoms with E-state index in [1.807, 2.05) is 12.1 Å². The molecule has 0 aliphatic heterocycles. The molecule has 2 heteroatoms. The van der Waals surface area contributed by atoms with E-state index in [1.54, 1.807) is 0 Å². The van der Waals surface area contributed by atoms with Gasteiger partial charge in [-0.2, -0.15) is 0 Å². The summed E-state index contributed by atoms with van der Waals surface area (Å²) < 4.78 is 0. The average molecular weight is 188 g/mol. The molecule has 0 radical (unpaired) electrons. The summed E-state index contributed by atoms with van der Waals surface area (Å²) in [6.07, 6.45) is 3.57. The molecule has 0 aliphatic carbocycles. The molecule has 0 atom stereocenters. The van der Waals surface area contributed by atoms with Crippen molar-refractivity contribution >= 4 is 16.6 Å². The van der Waals surface area contributed by atoms with Gasteiger partial charge < -0.3 is 10.7 Å². The molecule has 1 aromatic carbocycles. The highest BCUT2D eigenvalue weighted by molar-refractivity contribution is 5.91. The van der Waals surface area contributed by atoms with Crippen molar-refractivity contribution in [1.82, 2.24) is 4.98 Å². The van der Waals surface area contributed by atoms with Gasteiger partial charge in [0.25, 0.3) is 0 Å². The van der Waals surface area contributed by atoms with Crippen LogP contribution in [0.25, 0.3) is 10.9 Å². The molecule has 2 aromatic rings. The molecule has 0 aliphatic rings. The fourth-order valence-electron chi connectivity index (χ4n) is 1.74. The third-order valence-corrected chi connectivity index (χ3v) is 2.55. The number of fused-ring (bicyclic) bond motifs is 1. The molecular formula is C12H16N2. The van der Waals surface area contributed by atoms with E-state index in [4.69, 9.17) is 5.73 Å². The Hall–Kier alpha value is -1.44. The van der Waals surface area contributed by atoms with Gasteiger partial charge >= 0.3 is 0 Å². The van der Waals surface area contributed by atoms with Crippen molar-refractivity contribution in [3.05, 3.63) is 30.0 Å². The van der Waals surface area contributed by atoms with E-state index in [-0.39, 0.29) is 0 Å². The van der Waals surface area contributed by atoms with Crippen molar-refractivity contribution in [2.45, 2.75) is 26.2 Å². The Morgan fingerprint density at radius 2 is 2.21 bits per heavy atom. The molecule has 0 spiro atoms. The zero-order chi connectivity index (χ0) is 9.97. The van der Waals surface area contributed by atoms with Crippen LogP contribution in [0.5, 0.6) is 0 Å². The molecule has 0 saturated heterocycles. The molecule has 3 N–H and O–H groups in total. The molecule has 0 bridgehead atoms. The highest BCUT2D eigenvalue weighted by Crippen LogP contribution is 2.22. The quantitative estimate of drug-likeness (QED) is 0.714. The largest absolute Gasteiger partial charge is 0.398 e. The van der Waals surface area contributed by atoms with E-state index in [9.17, 15) is 0 Å². The van der Waals surface area contributed by atoms with Crippen LogP contribution in [0.3, 0.4) is 0 Å². The van der Waals surface area contributed by atoms with Gasteiger partial charge in [-0.1, -0.05) is 19.4 Å². The third kappa shape index (κ3) is 1.60. The standard InChI is InChI=1S/C12H16N2/c1-2-3-5-9-8-10-11(13)6-4-7-12(10)14-9/h4,6-8,14H,2-3,5,13H2,1H3. The fraction of sp³-hybridized carbons (Fsp3) is 0.333. The zero-order valence-corrected chi connectivity index (χ0v) is 8.51. The first-order valence-corrected chi connectivity index (χ1v) is 5.17. The monoisotopic (exact) mass is 188 g/mol. The number of benzene rings is 1. The summed E-state index contributed by atoms with van der Waals surface area (Å²) in [7, 11) is 0. The SMILES string of the molecule is CCCCc1cc2c(N)cccc2[nH]1. The topological polar surface area (TPSA) is 41.8 Å². The maximum Gasteiger partial charge on any atom is 0.0476 e. The number of aromatic amines is 1. The second-order valence-electron chi connectivity index (χ2n) is 3.71. The van der Waals surface area contributed by atoms with Crippen LogP contribution >= 0.6 is 0 Å². The van der Waals surface area contributed by atoms with Crippen molar-refractivity contribution in [1.29, 1.82) is 0 Å². The van der Waals surface area contributed by atoms with Crippen molar-refractivity contribution in [2.75, 3.05) is 5.73 Å². The number of hydrogen-bond donors (Lipinski definition) is 2. The lowest BCUT2D eigenvalue weighted by Crippen LogP contribution is -1.82. The Kier molecular flexibility index (Phi) is 2.44. The Bertz CT molecular complexity index is 429. The van der Waals surface area contributed by atoms with Gasteiger partial charge in [0.15, 0.2) is 0 Å². The molecule has 2 nitrogen and oxygen atoms in total. The summed E-state index contributed by atoms with van der Waals surface area (Å²) in [5.74, 6) is 0. The number of nitrogens with two attached hydrogens (primary N) is 1. The van der Waals surface area contributed by atoms with E-state index in [2.05, 4.69) is 24.0 Å². The van der Waals surface area contributed by atoms with Gasteiger partial charge in [-0.15, -0.1) is 0 Å². The Balaban J connectivity index is 2.36. The lowest BCUT2D eigenvalue weighted by Gasteiger charge is -1.92. The minimum atomic E-state index is 0.862. The van der Waals surface area contributed by atoms with Crippen LogP contribution in [0.1, 0.15) is 25.5 Å². The molecule has 0 unspecified atom stereocenters. The minimum Gasteiger partial charge on any atom is -0.398 e. The van der Waals surface area contributed by atoms with Crippen molar-refractivity contribution in [2.24, 2.45) is 0 Å². The number of nitrogen functional groups attached to an aromatic ring is 1. The summed E-state index contributed by atoms with van der Waals surface area (Å²) in [6.45, 7) is 2.21. The van der Waals surface area contributed by atoms with E-state index in [0.29, 0.717) is 0 Å². The van der Waals surface area contributed by atoms with Crippen molar-refractivity contribution in [3.63, 3.8) is 0 Å². The van der Waals surface area contributed by atoms with Crippen LogP contribution in [-0.2, 0) is 6.42 Å². The molecule has 1 aromatic heterocycles. The first-order chi connectivity index (χ1) is 6.81. The number of anilines is 1. The van der Waals surface area contributed by atoms with Crippen LogP contribution in [-0.4, -0.2) is 4.98 Å². The van der Waals surface area contributed by atoms with E-state index < -0.39 is 0 Å². The number of nitrogens with one attached hydrogen (secondary N) is 1. The molecule has 0 fully saturated rings. The number of unbranched alkanes of at least 4 members (excludes halogenated alkanes) is 1. The summed E-state index contributed by atoms with van der Waals surface area (Å²) in [5, 5.41) is 1.15. The summed E-state index contributed by atoms with van der Waals surface area (Å²) >= 11 is 0. The fourth-order valence-corrected chi connectivity index (χ4v) is 1.74. The molecule has 0 saturated carbocycles. The zero-order valence-electron chi connectivity index (χ0n) is 8.51. The molecular weight excluding hydrogens is 172 g/mol. The highest BCUT2D eigenvalue weighted by atomic mass is 14.7. The smallest absolute Gasteiger partial charge is 0.0476 e. The van der Waals surface area contributed by atoms with Gasteiger partial charge in [0.05, 0.1) is 0 Å². The van der Waals surface area contributed by atoms with Gasteiger partial charge in [-0.3, -0.25) is 0 Å².